The minimum Gasteiger partial charge on any atom is -0.436 e. The molecule has 8 aromatic carbocycles. The minimum atomic E-state index is -0.167. The number of rotatable bonds is 4. The lowest BCUT2D eigenvalue weighted by Crippen LogP contribution is -2.14. The highest BCUT2D eigenvalue weighted by atomic mass is 16.3. The average molecular weight is 629 g/mol. The summed E-state index contributed by atoms with van der Waals surface area (Å²) in [7, 11) is 0. The van der Waals surface area contributed by atoms with Crippen LogP contribution in [0.15, 0.2) is 162 Å². The Morgan fingerprint density at radius 3 is 1.88 bits per heavy atom. The molecule has 3 heteroatoms. The Hall–Kier alpha value is -6.19. The van der Waals surface area contributed by atoms with Crippen molar-refractivity contribution >= 4 is 60.5 Å². The molecular weight excluding hydrogens is 597 g/mol. The van der Waals surface area contributed by atoms with Crippen molar-refractivity contribution in [3.05, 3.63) is 169 Å². The highest BCUT2D eigenvalue weighted by molar-refractivity contribution is 6.11. The molecule has 0 saturated heterocycles. The number of fused-ring (bicyclic) bond motifs is 8. The standard InChI is InChI=1S/C46H32N2O/c1-46(2)41-25-32-19-18-31-24-36(48(34-13-5-3-6-14-34)35-15-7-4-8-16-35)21-22-37(31)38(32)26-39(41)40-27-44-43(28-42(40)46)47-45(49-44)33-20-17-29-11-9-10-12-30(29)23-33/h3-28H,1-2H3. The van der Waals surface area contributed by atoms with Crippen molar-refractivity contribution in [2.75, 3.05) is 4.90 Å². The molecule has 1 aliphatic rings. The third kappa shape index (κ3) is 4.32. The van der Waals surface area contributed by atoms with E-state index in [0.29, 0.717) is 5.89 Å². The lowest BCUT2D eigenvalue weighted by molar-refractivity contribution is 0.619. The Balaban J connectivity index is 1.11. The predicted molar refractivity (Wildman–Crippen MR) is 204 cm³/mol. The van der Waals surface area contributed by atoms with Crippen molar-refractivity contribution in [1.29, 1.82) is 0 Å². The van der Waals surface area contributed by atoms with E-state index in [9.17, 15) is 0 Å². The predicted octanol–water partition coefficient (Wildman–Crippen LogP) is 12.7. The van der Waals surface area contributed by atoms with Crippen LogP contribution in [-0.4, -0.2) is 4.98 Å². The molecule has 1 aromatic heterocycles. The Morgan fingerprint density at radius 1 is 0.490 bits per heavy atom. The number of hydrogen-bond acceptors (Lipinski definition) is 3. The molecule has 232 valence electrons. The van der Waals surface area contributed by atoms with Gasteiger partial charge in [-0.05, 0) is 127 Å². The first kappa shape index (κ1) is 27.9. The van der Waals surface area contributed by atoms with Crippen LogP contribution in [0.1, 0.15) is 25.0 Å². The van der Waals surface area contributed by atoms with Gasteiger partial charge in [0, 0.05) is 28.0 Å². The lowest BCUT2D eigenvalue weighted by atomic mass is 9.81. The van der Waals surface area contributed by atoms with Crippen LogP contribution in [0.5, 0.6) is 0 Å². The molecule has 49 heavy (non-hydrogen) atoms. The van der Waals surface area contributed by atoms with Gasteiger partial charge >= 0.3 is 0 Å². The molecule has 0 bridgehead atoms. The summed E-state index contributed by atoms with van der Waals surface area (Å²) in [6.45, 7) is 4.66. The molecule has 0 N–H and O–H groups in total. The molecule has 0 radical (unpaired) electrons. The second kappa shape index (κ2) is 10.4. The number of anilines is 3. The number of benzene rings is 8. The summed E-state index contributed by atoms with van der Waals surface area (Å²) in [5.41, 5.74) is 11.1. The van der Waals surface area contributed by atoms with Gasteiger partial charge in [0.25, 0.3) is 0 Å². The number of aromatic nitrogens is 1. The van der Waals surface area contributed by atoms with Crippen LogP contribution in [0.2, 0.25) is 0 Å². The van der Waals surface area contributed by atoms with Crippen LogP contribution in [0.4, 0.5) is 17.1 Å². The normalized spacial score (nSPS) is 13.3. The van der Waals surface area contributed by atoms with Gasteiger partial charge in [-0.15, -0.1) is 0 Å². The third-order valence-electron chi connectivity index (χ3n) is 10.4. The molecule has 0 aliphatic heterocycles. The maximum absolute atomic E-state index is 6.46. The van der Waals surface area contributed by atoms with Gasteiger partial charge in [0.2, 0.25) is 5.89 Å². The number of para-hydroxylation sites is 2. The topological polar surface area (TPSA) is 29.3 Å². The van der Waals surface area contributed by atoms with E-state index in [1.807, 2.05) is 0 Å². The first-order valence-corrected chi connectivity index (χ1v) is 16.9. The Kier molecular flexibility index (Phi) is 5.92. The summed E-state index contributed by atoms with van der Waals surface area (Å²) in [5.74, 6) is 0.655. The maximum atomic E-state index is 6.46. The SMILES string of the molecule is CC1(C)c2cc3ccc4cc(N(c5ccccc5)c5ccccc5)ccc4c3cc2-c2cc3oc(-c4ccc5ccccc5c4)nc3cc21. The van der Waals surface area contributed by atoms with E-state index in [0.717, 1.165) is 33.7 Å². The summed E-state index contributed by atoms with van der Waals surface area (Å²) in [6, 6.07) is 56.6. The van der Waals surface area contributed by atoms with Gasteiger partial charge in [-0.1, -0.05) is 98.8 Å². The average Bonchev–Trinajstić information content (AvgIpc) is 3.66. The maximum Gasteiger partial charge on any atom is 0.227 e. The third-order valence-corrected chi connectivity index (χ3v) is 10.4. The van der Waals surface area contributed by atoms with Crippen LogP contribution in [0.25, 0.3) is 66.0 Å². The molecule has 10 rings (SSSR count). The number of hydrogen-bond donors (Lipinski definition) is 0. The summed E-state index contributed by atoms with van der Waals surface area (Å²) in [6.07, 6.45) is 0. The van der Waals surface area contributed by atoms with E-state index >= 15 is 0 Å². The fourth-order valence-electron chi connectivity index (χ4n) is 7.89. The van der Waals surface area contributed by atoms with Gasteiger partial charge < -0.3 is 9.32 Å². The zero-order chi connectivity index (χ0) is 32.7. The van der Waals surface area contributed by atoms with Gasteiger partial charge in [0.15, 0.2) is 5.58 Å². The second-order valence-electron chi connectivity index (χ2n) is 13.7. The Labute approximate surface area is 284 Å². The van der Waals surface area contributed by atoms with Crippen LogP contribution in [0, 0.1) is 0 Å². The molecule has 1 aliphatic carbocycles. The highest BCUT2D eigenvalue weighted by Crippen LogP contribution is 2.52. The first-order valence-electron chi connectivity index (χ1n) is 16.9. The smallest absolute Gasteiger partial charge is 0.227 e. The van der Waals surface area contributed by atoms with Gasteiger partial charge in [-0.3, -0.25) is 0 Å². The molecule has 3 nitrogen and oxygen atoms in total. The van der Waals surface area contributed by atoms with Crippen LogP contribution < -0.4 is 4.90 Å². The van der Waals surface area contributed by atoms with Gasteiger partial charge in [0.05, 0.1) is 0 Å². The highest BCUT2D eigenvalue weighted by Gasteiger charge is 2.37. The molecule has 0 fully saturated rings. The Bertz CT molecular complexity index is 2700. The van der Waals surface area contributed by atoms with Gasteiger partial charge in [-0.2, -0.15) is 0 Å². The first-order chi connectivity index (χ1) is 24.0. The van der Waals surface area contributed by atoms with Crippen molar-refractivity contribution in [3.63, 3.8) is 0 Å². The van der Waals surface area contributed by atoms with Crippen molar-refractivity contribution < 1.29 is 4.42 Å². The van der Waals surface area contributed by atoms with Crippen molar-refractivity contribution in [3.8, 4) is 22.6 Å². The summed E-state index contributed by atoms with van der Waals surface area (Å²) < 4.78 is 6.46. The van der Waals surface area contributed by atoms with Gasteiger partial charge in [0.1, 0.15) is 5.52 Å². The van der Waals surface area contributed by atoms with Crippen molar-refractivity contribution in [2.24, 2.45) is 0 Å². The van der Waals surface area contributed by atoms with Crippen LogP contribution >= 0.6 is 0 Å². The van der Waals surface area contributed by atoms with Crippen LogP contribution in [0.3, 0.4) is 0 Å². The van der Waals surface area contributed by atoms with E-state index in [1.54, 1.807) is 0 Å². The minimum absolute atomic E-state index is 0.167. The van der Waals surface area contributed by atoms with Gasteiger partial charge in [-0.25, -0.2) is 4.98 Å². The molecule has 0 atom stereocenters. The fourth-order valence-corrected chi connectivity index (χ4v) is 7.89. The molecular formula is C46H32N2O. The molecule has 0 amide bonds. The van der Waals surface area contributed by atoms with E-state index in [4.69, 9.17) is 9.40 Å². The lowest BCUT2D eigenvalue weighted by Gasteiger charge is -2.26. The van der Waals surface area contributed by atoms with E-state index in [2.05, 4.69) is 176 Å². The zero-order valence-electron chi connectivity index (χ0n) is 27.3. The fraction of sp³-hybridized carbons (Fsp3) is 0.0652. The van der Waals surface area contributed by atoms with Crippen molar-refractivity contribution in [2.45, 2.75) is 19.3 Å². The number of nitrogens with zero attached hydrogens (tertiary/aromatic N) is 2. The second-order valence-corrected chi connectivity index (χ2v) is 13.7. The molecule has 0 spiro atoms. The van der Waals surface area contributed by atoms with E-state index in [-0.39, 0.29) is 5.41 Å². The van der Waals surface area contributed by atoms with E-state index in [1.165, 1.54) is 54.6 Å². The summed E-state index contributed by atoms with van der Waals surface area (Å²) in [5, 5.41) is 7.36. The zero-order valence-corrected chi connectivity index (χ0v) is 27.3. The molecule has 9 aromatic rings. The van der Waals surface area contributed by atoms with Crippen LogP contribution in [-0.2, 0) is 5.41 Å². The molecule has 0 unspecified atom stereocenters. The number of oxazole rings is 1. The molecule has 0 saturated carbocycles. The largest absolute Gasteiger partial charge is 0.436 e. The molecule has 1 heterocycles. The summed E-state index contributed by atoms with van der Waals surface area (Å²) >= 11 is 0. The monoisotopic (exact) mass is 628 g/mol. The summed E-state index contributed by atoms with van der Waals surface area (Å²) in [4.78, 5) is 7.31. The van der Waals surface area contributed by atoms with Crippen molar-refractivity contribution in [1.82, 2.24) is 4.98 Å². The van der Waals surface area contributed by atoms with E-state index < -0.39 is 0 Å². The quantitative estimate of drug-likeness (QED) is 0.182. The Morgan fingerprint density at radius 2 is 1.12 bits per heavy atom.